The molecule has 0 aliphatic rings. The van der Waals surface area contributed by atoms with Crippen LogP contribution in [0.1, 0.15) is 206 Å². The van der Waals surface area contributed by atoms with Crippen molar-refractivity contribution in [3.8, 4) is 0 Å². The second-order valence-corrected chi connectivity index (χ2v) is 11.8. The molecule has 0 aromatic carbocycles. The van der Waals surface area contributed by atoms with E-state index in [1.54, 1.807) is 0 Å². The number of nitrogens with one attached hydrogen (secondary N) is 1. The third kappa shape index (κ3) is 31.9. The Labute approximate surface area is 229 Å². The molecule has 218 valence electrons. The Morgan fingerprint density at radius 3 is 0.917 bits per heavy atom. The molecule has 0 saturated carbocycles. The van der Waals surface area contributed by atoms with Gasteiger partial charge in [0.25, 0.3) is 0 Å². The van der Waals surface area contributed by atoms with Crippen molar-refractivity contribution in [1.82, 2.24) is 5.32 Å². The van der Waals surface area contributed by atoms with E-state index in [0.29, 0.717) is 0 Å². The maximum atomic E-state index is 10.1. The normalized spacial score (nSPS) is 12.4. The van der Waals surface area contributed by atoms with Gasteiger partial charge in [-0.05, 0) is 25.8 Å². The SMILES string of the molecule is CCCCCCCCCCCCCCCCCC(O)NCCCCCCCCCCCCCCCC. The Hall–Kier alpha value is -0.0800. The first-order valence-electron chi connectivity index (χ1n) is 17.2. The van der Waals surface area contributed by atoms with E-state index in [0.717, 1.165) is 13.0 Å². The lowest BCUT2D eigenvalue weighted by atomic mass is 10.0. The van der Waals surface area contributed by atoms with Gasteiger partial charge in [-0.3, -0.25) is 5.32 Å². The zero-order valence-electron chi connectivity index (χ0n) is 25.4. The van der Waals surface area contributed by atoms with Crippen LogP contribution in [0.3, 0.4) is 0 Å². The van der Waals surface area contributed by atoms with Gasteiger partial charge in [-0.25, -0.2) is 0 Å². The molecule has 0 aromatic rings. The number of aliphatic hydroxyl groups excluding tert-OH is 1. The van der Waals surface area contributed by atoms with Gasteiger partial charge in [0.2, 0.25) is 0 Å². The van der Waals surface area contributed by atoms with Crippen molar-refractivity contribution in [3.63, 3.8) is 0 Å². The molecule has 0 amide bonds. The molecule has 2 N–H and O–H groups in total. The van der Waals surface area contributed by atoms with E-state index in [9.17, 15) is 5.11 Å². The third-order valence-corrected chi connectivity index (χ3v) is 7.99. The van der Waals surface area contributed by atoms with Crippen LogP contribution in [0, 0.1) is 0 Å². The van der Waals surface area contributed by atoms with Crippen molar-refractivity contribution in [2.45, 2.75) is 213 Å². The number of hydrogen-bond acceptors (Lipinski definition) is 2. The molecular weight excluding hydrogens is 438 g/mol. The Kier molecular flexibility index (Phi) is 32.9. The van der Waals surface area contributed by atoms with Crippen molar-refractivity contribution >= 4 is 0 Å². The number of hydrogen-bond donors (Lipinski definition) is 2. The summed E-state index contributed by atoms with van der Waals surface area (Å²) in [5.41, 5.74) is 0. The first kappa shape index (κ1) is 35.9. The Bertz CT molecular complexity index is 338. The van der Waals surface area contributed by atoms with Gasteiger partial charge in [-0.2, -0.15) is 0 Å². The lowest BCUT2D eigenvalue weighted by Gasteiger charge is -2.12. The summed E-state index contributed by atoms with van der Waals surface area (Å²) in [4.78, 5) is 0. The Morgan fingerprint density at radius 1 is 0.361 bits per heavy atom. The highest BCUT2D eigenvalue weighted by Crippen LogP contribution is 2.15. The van der Waals surface area contributed by atoms with E-state index < -0.39 is 0 Å². The lowest BCUT2D eigenvalue weighted by Crippen LogP contribution is -2.29. The van der Waals surface area contributed by atoms with E-state index in [-0.39, 0.29) is 6.23 Å². The molecule has 0 aliphatic heterocycles. The fraction of sp³-hybridized carbons (Fsp3) is 1.00. The number of rotatable bonds is 32. The maximum absolute atomic E-state index is 10.1. The highest BCUT2D eigenvalue weighted by Gasteiger charge is 2.02. The first-order chi connectivity index (χ1) is 17.8. The monoisotopic (exact) mass is 510 g/mol. The van der Waals surface area contributed by atoms with Gasteiger partial charge >= 0.3 is 0 Å². The van der Waals surface area contributed by atoms with Crippen LogP contribution >= 0.6 is 0 Å². The standard InChI is InChI=1S/C34H71NO/c1-3-5-7-9-11-13-15-17-19-20-22-24-26-28-30-32-34(36)35-33-31-29-27-25-23-21-18-16-14-12-10-8-6-4-2/h34-36H,3-33H2,1-2H3. The van der Waals surface area contributed by atoms with Crippen LogP contribution in [0.2, 0.25) is 0 Å². The van der Waals surface area contributed by atoms with E-state index in [4.69, 9.17) is 0 Å². The van der Waals surface area contributed by atoms with Crippen LogP contribution in [0.5, 0.6) is 0 Å². The second-order valence-electron chi connectivity index (χ2n) is 11.8. The summed E-state index contributed by atoms with van der Waals surface area (Å²) in [6.07, 6.45) is 41.3. The number of aliphatic hydroxyl groups is 1. The topological polar surface area (TPSA) is 32.3 Å². The average Bonchev–Trinajstić information content (AvgIpc) is 2.88. The predicted octanol–water partition coefficient (Wildman–Crippen LogP) is 11.6. The van der Waals surface area contributed by atoms with Crippen LogP contribution in [0.15, 0.2) is 0 Å². The zero-order chi connectivity index (χ0) is 26.2. The molecule has 2 heteroatoms. The van der Waals surface area contributed by atoms with Gasteiger partial charge in [0.1, 0.15) is 6.23 Å². The molecule has 0 heterocycles. The molecule has 0 aromatic heterocycles. The summed E-state index contributed by atoms with van der Waals surface area (Å²) in [6, 6.07) is 0. The van der Waals surface area contributed by atoms with Gasteiger partial charge in [0.05, 0.1) is 0 Å². The summed E-state index contributed by atoms with van der Waals surface area (Å²) in [5, 5.41) is 13.5. The van der Waals surface area contributed by atoms with Crippen LogP contribution in [-0.2, 0) is 0 Å². The minimum Gasteiger partial charge on any atom is -0.379 e. The molecule has 0 bridgehead atoms. The largest absolute Gasteiger partial charge is 0.379 e. The predicted molar refractivity (Wildman–Crippen MR) is 164 cm³/mol. The van der Waals surface area contributed by atoms with Gasteiger partial charge in [-0.1, -0.05) is 187 Å². The van der Waals surface area contributed by atoms with Gasteiger partial charge < -0.3 is 5.11 Å². The fourth-order valence-corrected chi connectivity index (χ4v) is 5.40. The van der Waals surface area contributed by atoms with Crippen molar-refractivity contribution < 1.29 is 5.11 Å². The van der Waals surface area contributed by atoms with E-state index >= 15 is 0 Å². The molecule has 0 saturated heterocycles. The minimum absolute atomic E-state index is 0.283. The molecule has 0 radical (unpaired) electrons. The van der Waals surface area contributed by atoms with Crippen LogP contribution in [-0.4, -0.2) is 17.9 Å². The Balaban J connectivity index is 3.13. The van der Waals surface area contributed by atoms with Crippen LogP contribution in [0.4, 0.5) is 0 Å². The van der Waals surface area contributed by atoms with Crippen molar-refractivity contribution in [1.29, 1.82) is 0 Å². The molecule has 0 aliphatic carbocycles. The van der Waals surface area contributed by atoms with Gasteiger partial charge in [-0.15, -0.1) is 0 Å². The zero-order valence-corrected chi connectivity index (χ0v) is 25.4. The van der Waals surface area contributed by atoms with Crippen molar-refractivity contribution in [3.05, 3.63) is 0 Å². The molecule has 2 nitrogen and oxygen atoms in total. The fourth-order valence-electron chi connectivity index (χ4n) is 5.40. The molecular formula is C34H71NO. The minimum atomic E-state index is -0.283. The quantitative estimate of drug-likeness (QED) is 0.0698. The van der Waals surface area contributed by atoms with Crippen molar-refractivity contribution in [2.75, 3.05) is 6.54 Å². The summed E-state index contributed by atoms with van der Waals surface area (Å²) < 4.78 is 0. The van der Waals surface area contributed by atoms with E-state index in [2.05, 4.69) is 19.2 Å². The molecule has 36 heavy (non-hydrogen) atoms. The second kappa shape index (κ2) is 32.9. The van der Waals surface area contributed by atoms with E-state index in [1.165, 1.54) is 186 Å². The van der Waals surface area contributed by atoms with Crippen LogP contribution < -0.4 is 5.32 Å². The lowest BCUT2D eigenvalue weighted by molar-refractivity contribution is 0.124. The van der Waals surface area contributed by atoms with Gasteiger partial charge in [0, 0.05) is 0 Å². The Morgan fingerprint density at radius 2 is 0.611 bits per heavy atom. The maximum Gasteiger partial charge on any atom is 0.104 e. The van der Waals surface area contributed by atoms with E-state index in [1.807, 2.05) is 0 Å². The summed E-state index contributed by atoms with van der Waals surface area (Å²) in [5.74, 6) is 0. The molecule has 0 spiro atoms. The summed E-state index contributed by atoms with van der Waals surface area (Å²) in [7, 11) is 0. The molecule has 1 unspecified atom stereocenters. The van der Waals surface area contributed by atoms with Crippen molar-refractivity contribution in [2.24, 2.45) is 0 Å². The van der Waals surface area contributed by atoms with Gasteiger partial charge in [0.15, 0.2) is 0 Å². The summed E-state index contributed by atoms with van der Waals surface area (Å²) in [6.45, 7) is 5.57. The smallest absolute Gasteiger partial charge is 0.104 e. The average molecular weight is 510 g/mol. The summed E-state index contributed by atoms with van der Waals surface area (Å²) >= 11 is 0. The number of unbranched alkanes of at least 4 members (excludes halogenated alkanes) is 27. The molecule has 1 atom stereocenters. The third-order valence-electron chi connectivity index (χ3n) is 7.99. The first-order valence-corrected chi connectivity index (χ1v) is 17.2. The van der Waals surface area contributed by atoms with Crippen LogP contribution in [0.25, 0.3) is 0 Å². The highest BCUT2D eigenvalue weighted by atomic mass is 16.3. The highest BCUT2D eigenvalue weighted by molar-refractivity contribution is 4.57. The molecule has 0 rings (SSSR count). The molecule has 0 fully saturated rings.